The lowest BCUT2D eigenvalue weighted by molar-refractivity contribution is -0.384. The number of nitrogens with one attached hydrogen (secondary N) is 1. The molecule has 2 aliphatic heterocycles. The number of rotatable bonds is 4. The van der Waals surface area contributed by atoms with Gasteiger partial charge in [-0.15, -0.1) is 11.3 Å². The number of thiophene rings is 1. The summed E-state index contributed by atoms with van der Waals surface area (Å²) in [7, 11) is 0. The first-order valence-corrected chi connectivity index (χ1v) is 9.57. The van der Waals surface area contributed by atoms with Gasteiger partial charge in [-0.1, -0.05) is 11.6 Å². The van der Waals surface area contributed by atoms with Crippen molar-refractivity contribution in [1.82, 2.24) is 4.90 Å². The fourth-order valence-electron chi connectivity index (χ4n) is 3.65. The van der Waals surface area contributed by atoms with Gasteiger partial charge in [0.25, 0.3) is 5.69 Å². The summed E-state index contributed by atoms with van der Waals surface area (Å²) in [5.41, 5.74) is 3.16. The highest BCUT2D eigenvalue weighted by atomic mass is 35.5. The van der Waals surface area contributed by atoms with Crippen LogP contribution in [0.2, 0.25) is 4.34 Å². The number of hydrogen-bond acceptors (Lipinski definition) is 6. The number of hydrogen-bond donors (Lipinski definition) is 1. The summed E-state index contributed by atoms with van der Waals surface area (Å²) in [5.74, 6) is 0. The number of fused-ring (bicyclic) bond motifs is 1. The molecule has 0 unspecified atom stereocenters. The molecule has 0 saturated carbocycles. The molecule has 2 aromatic rings. The van der Waals surface area contributed by atoms with Crippen LogP contribution >= 0.6 is 22.9 Å². The van der Waals surface area contributed by atoms with E-state index in [0.29, 0.717) is 0 Å². The minimum absolute atomic E-state index is 0.223. The molecule has 0 radical (unpaired) electrons. The quantitative estimate of drug-likeness (QED) is 0.650. The van der Waals surface area contributed by atoms with Crippen LogP contribution in [0.3, 0.4) is 0 Å². The lowest BCUT2D eigenvalue weighted by Gasteiger charge is -2.36. The van der Waals surface area contributed by atoms with Crippen LogP contribution in [0.25, 0.3) is 0 Å². The van der Waals surface area contributed by atoms with Crippen LogP contribution in [0.5, 0.6) is 0 Å². The van der Waals surface area contributed by atoms with Crippen molar-refractivity contribution in [3.8, 4) is 0 Å². The number of nitro groups is 1. The molecule has 1 N–H and O–H groups in total. The molecule has 0 aliphatic carbocycles. The normalized spacial score (nSPS) is 17.4. The van der Waals surface area contributed by atoms with Gasteiger partial charge in [0.2, 0.25) is 0 Å². The average Bonchev–Trinajstić information content (AvgIpc) is 3.23. The third-order valence-electron chi connectivity index (χ3n) is 4.85. The van der Waals surface area contributed by atoms with Crippen molar-refractivity contribution in [2.24, 2.45) is 0 Å². The SMILES string of the molecule is O=[N+]([O-])c1ccc2c(c1N1CCN(Cc3ccc(Cl)s3)CC1)CCN2. The lowest BCUT2D eigenvalue weighted by atomic mass is 10.1. The number of piperazine rings is 1. The molecular weight excluding hydrogens is 360 g/mol. The monoisotopic (exact) mass is 378 g/mol. The van der Waals surface area contributed by atoms with Crippen LogP contribution in [0.15, 0.2) is 24.3 Å². The molecule has 8 heteroatoms. The minimum Gasteiger partial charge on any atom is -0.384 e. The van der Waals surface area contributed by atoms with Crippen LogP contribution in [0, 0.1) is 10.1 Å². The Morgan fingerprint density at radius 3 is 2.68 bits per heavy atom. The van der Waals surface area contributed by atoms with Gasteiger partial charge in [-0.25, -0.2) is 0 Å². The summed E-state index contributed by atoms with van der Waals surface area (Å²) in [4.78, 5) is 17.1. The maximum absolute atomic E-state index is 11.5. The Hall–Kier alpha value is -1.83. The number of halogens is 1. The van der Waals surface area contributed by atoms with Crippen molar-refractivity contribution < 1.29 is 4.92 Å². The highest BCUT2D eigenvalue weighted by molar-refractivity contribution is 7.16. The predicted octanol–water partition coefficient (Wildman–Crippen LogP) is 3.60. The highest BCUT2D eigenvalue weighted by Gasteiger charge is 2.29. The zero-order chi connectivity index (χ0) is 17.4. The minimum atomic E-state index is -0.256. The molecule has 1 fully saturated rings. The first-order chi connectivity index (χ1) is 12.1. The van der Waals surface area contributed by atoms with Crippen molar-refractivity contribution >= 4 is 40.0 Å². The van der Waals surface area contributed by atoms with E-state index in [1.54, 1.807) is 17.4 Å². The second kappa shape index (κ2) is 6.82. The molecule has 6 nitrogen and oxygen atoms in total. The molecule has 0 bridgehead atoms. The average molecular weight is 379 g/mol. The van der Waals surface area contributed by atoms with Gasteiger partial charge in [-0.3, -0.25) is 15.0 Å². The smallest absolute Gasteiger partial charge is 0.292 e. The molecule has 2 aliphatic rings. The van der Waals surface area contributed by atoms with Gasteiger partial charge in [0.1, 0.15) is 5.69 Å². The maximum Gasteiger partial charge on any atom is 0.292 e. The number of anilines is 2. The van der Waals surface area contributed by atoms with Gasteiger partial charge >= 0.3 is 0 Å². The summed E-state index contributed by atoms with van der Waals surface area (Å²) in [6.07, 6.45) is 0.847. The zero-order valence-corrected chi connectivity index (χ0v) is 15.3. The van der Waals surface area contributed by atoms with E-state index in [2.05, 4.69) is 21.2 Å². The summed E-state index contributed by atoms with van der Waals surface area (Å²) in [5, 5.41) is 14.8. The Morgan fingerprint density at radius 2 is 2.00 bits per heavy atom. The molecule has 0 amide bonds. The van der Waals surface area contributed by atoms with Crippen molar-refractivity contribution in [2.75, 3.05) is 42.9 Å². The van der Waals surface area contributed by atoms with Crippen molar-refractivity contribution in [2.45, 2.75) is 13.0 Å². The first kappa shape index (κ1) is 16.6. The second-order valence-electron chi connectivity index (χ2n) is 6.36. The molecule has 132 valence electrons. The zero-order valence-electron chi connectivity index (χ0n) is 13.7. The van der Waals surface area contributed by atoms with Gasteiger partial charge in [0, 0.05) is 61.5 Å². The second-order valence-corrected chi connectivity index (χ2v) is 8.16. The molecule has 1 aromatic carbocycles. The predicted molar refractivity (Wildman–Crippen MR) is 102 cm³/mol. The van der Waals surface area contributed by atoms with Crippen molar-refractivity contribution in [3.05, 3.63) is 49.2 Å². The standard InChI is InChI=1S/C17H19ClN4O2S/c18-16-4-1-12(25-16)11-20-7-9-21(10-8-20)17-13-5-6-19-14(13)2-3-15(17)22(23)24/h1-4,19H,5-11H2. The van der Waals surface area contributed by atoms with Crippen LogP contribution in [0.1, 0.15) is 10.4 Å². The molecule has 0 atom stereocenters. The van der Waals surface area contributed by atoms with E-state index in [4.69, 9.17) is 11.6 Å². The van der Waals surface area contributed by atoms with Gasteiger partial charge < -0.3 is 10.2 Å². The largest absolute Gasteiger partial charge is 0.384 e. The Labute approximate surface area is 155 Å². The van der Waals surface area contributed by atoms with Crippen LogP contribution in [0.4, 0.5) is 17.1 Å². The van der Waals surface area contributed by atoms with E-state index in [1.165, 1.54) is 4.88 Å². The third kappa shape index (κ3) is 3.31. The van der Waals surface area contributed by atoms with E-state index in [1.807, 2.05) is 12.1 Å². The van der Waals surface area contributed by atoms with Crippen molar-refractivity contribution in [3.63, 3.8) is 0 Å². The fraction of sp³-hybridized carbons (Fsp3) is 0.412. The summed E-state index contributed by atoms with van der Waals surface area (Å²) in [6.45, 7) is 5.13. The van der Waals surface area contributed by atoms with Gasteiger partial charge in [0.15, 0.2) is 0 Å². The van der Waals surface area contributed by atoms with Gasteiger partial charge in [-0.2, -0.15) is 0 Å². The molecule has 1 aromatic heterocycles. The molecular formula is C17H19ClN4O2S. The number of nitro benzene ring substituents is 1. The van der Waals surface area contributed by atoms with E-state index < -0.39 is 0 Å². The Balaban J connectivity index is 1.51. The highest BCUT2D eigenvalue weighted by Crippen LogP contribution is 2.40. The summed E-state index contributed by atoms with van der Waals surface area (Å²) in [6, 6.07) is 7.47. The van der Waals surface area contributed by atoms with E-state index >= 15 is 0 Å². The van der Waals surface area contributed by atoms with Gasteiger partial charge in [-0.05, 0) is 24.6 Å². The van der Waals surface area contributed by atoms with Crippen LogP contribution in [-0.4, -0.2) is 42.5 Å². The molecule has 0 spiro atoms. The fourth-order valence-corrected chi connectivity index (χ4v) is 4.78. The lowest BCUT2D eigenvalue weighted by Crippen LogP contribution is -2.46. The molecule has 25 heavy (non-hydrogen) atoms. The number of nitrogens with zero attached hydrogens (tertiary/aromatic N) is 3. The van der Waals surface area contributed by atoms with Gasteiger partial charge in [0.05, 0.1) is 9.26 Å². The van der Waals surface area contributed by atoms with Crippen LogP contribution < -0.4 is 10.2 Å². The molecule has 4 rings (SSSR count). The molecule has 1 saturated heterocycles. The number of benzene rings is 1. The van der Waals surface area contributed by atoms with E-state index in [9.17, 15) is 10.1 Å². The third-order valence-corrected chi connectivity index (χ3v) is 6.06. The van der Waals surface area contributed by atoms with E-state index in [-0.39, 0.29) is 10.6 Å². The maximum atomic E-state index is 11.5. The van der Waals surface area contributed by atoms with E-state index in [0.717, 1.165) is 67.0 Å². The Morgan fingerprint density at radius 1 is 1.20 bits per heavy atom. The molecule has 3 heterocycles. The van der Waals surface area contributed by atoms with Crippen LogP contribution in [-0.2, 0) is 13.0 Å². The van der Waals surface area contributed by atoms with Crippen molar-refractivity contribution in [1.29, 1.82) is 0 Å². The Kier molecular flexibility index (Phi) is 4.54. The topological polar surface area (TPSA) is 61.7 Å². The first-order valence-electron chi connectivity index (χ1n) is 8.37. The summed E-state index contributed by atoms with van der Waals surface area (Å²) < 4.78 is 0.816. The summed E-state index contributed by atoms with van der Waals surface area (Å²) >= 11 is 7.62. The Bertz CT molecular complexity index is 802.